The minimum absolute atomic E-state index is 0.00152. The van der Waals surface area contributed by atoms with Gasteiger partial charge in [-0.2, -0.15) is 5.26 Å². The molecule has 2 aromatic carbocycles. The predicted octanol–water partition coefficient (Wildman–Crippen LogP) is 2.34. The fourth-order valence-corrected chi connectivity index (χ4v) is 5.22. The number of sulfonamides is 1. The van der Waals surface area contributed by atoms with Gasteiger partial charge in [0.25, 0.3) is 10.0 Å². The van der Waals surface area contributed by atoms with Crippen LogP contribution in [0.15, 0.2) is 47.4 Å². The van der Waals surface area contributed by atoms with E-state index < -0.39 is 27.9 Å². The van der Waals surface area contributed by atoms with Gasteiger partial charge in [0.2, 0.25) is 5.91 Å². The van der Waals surface area contributed by atoms with Gasteiger partial charge >= 0.3 is 0 Å². The number of hydrogen-bond acceptors (Lipinski definition) is 6. The van der Waals surface area contributed by atoms with Gasteiger partial charge in [0.15, 0.2) is 0 Å². The van der Waals surface area contributed by atoms with Gasteiger partial charge in [-0.3, -0.25) is 9.63 Å². The summed E-state index contributed by atoms with van der Waals surface area (Å²) >= 11 is 0. The zero-order valence-electron chi connectivity index (χ0n) is 18.2. The summed E-state index contributed by atoms with van der Waals surface area (Å²) in [4.78, 5) is 24.5. The maximum atomic E-state index is 13.9. The van der Waals surface area contributed by atoms with E-state index in [2.05, 4.69) is 4.89 Å². The lowest BCUT2D eigenvalue weighted by atomic mass is 9.81. The van der Waals surface area contributed by atoms with Crippen LogP contribution in [0, 0.1) is 30.0 Å². The van der Waals surface area contributed by atoms with Gasteiger partial charge < -0.3 is 9.80 Å². The maximum absolute atomic E-state index is 13.9. The summed E-state index contributed by atoms with van der Waals surface area (Å²) in [5.41, 5.74) is 1.28. The van der Waals surface area contributed by atoms with Crippen molar-refractivity contribution in [1.82, 2.24) is 9.79 Å². The Balaban J connectivity index is 1.31. The van der Waals surface area contributed by atoms with E-state index in [0.29, 0.717) is 50.3 Å². The zero-order chi connectivity index (χ0) is 23.6. The third kappa shape index (κ3) is 4.85. The molecule has 4 rings (SSSR count). The predicted molar refractivity (Wildman–Crippen MR) is 119 cm³/mol. The molecule has 8 nitrogen and oxygen atoms in total. The highest BCUT2D eigenvalue weighted by molar-refractivity contribution is 7.89. The standard InChI is InChI=1S/C23H25FN4O4S/c1-16-4-2-3-5-22(16)33(30,31)26-32-21-9-8-19(21)23(29)28-12-10-27(11-13-28)18-7-6-17(15-25)20(24)14-18/h2-7,14,19,21,26H,8-13H2,1H3. The summed E-state index contributed by atoms with van der Waals surface area (Å²) in [6.45, 7) is 3.72. The number of nitrogens with one attached hydrogen (secondary N) is 1. The third-order valence-electron chi connectivity index (χ3n) is 6.25. The Hall–Kier alpha value is -3.00. The van der Waals surface area contributed by atoms with Crippen molar-refractivity contribution in [3.63, 3.8) is 0 Å². The van der Waals surface area contributed by atoms with Crippen molar-refractivity contribution in [3.8, 4) is 6.07 Å². The van der Waals surface area contributed by atoms with Crippen molar-refractivity contribution in [2.24, 2.45) is 5.92 Å². The largest absolute Gasteiger partial charge is 0.368 e. The lowest BCUT2D eigenvalue weighted by molar-refractivity contribution is -0.152. The molecular formula is C23H25FN4O4S. The number of hydrogen-bond donors (Lipinski definition) is 1. The van der Waals surface area contributed by atoms with E-state index in [0.717, 1.165) is 0 Å². The summed E-state index contributed by atoms with van der Waals surface area (Å²) in [5.74, 6) is -1.02. The van der Waals surface area contributed by atoms with E-state index in [4.69, 9.17) is 10.1 Å². The quantitative estimate of drug-likeness (QED) is 0.648. The van der Waals surface area contributed by atoms with Crippen LogP contribution < -0.4 is 9.79 Å². The normalized spacial score (nSPS) is 20.8. The number of nitriles is 1. The van der Waals surface area contributed by atoms with Crippen LogP contribution in [0.1, 0.15) is 24.0 Å². The van der Waals surface area contributed by atoms with Crippen LogP contribution in [0.2, 0.25) is 0 Å². The molecule has 0 spiro atoms. The zero-order valence-corrected chi connectivity index (χ0v) is 19.0. The SMILES string of the molecule is Cc1ccccc1S(=O)(=O)NOC1CCC1C(=O)N1CCN(c2ccc(C#N)c(F)c2)CC1. The van der Waals surface area contributed by atoms with E-state index in [9.17, 15) is 17.6 Å². The van der Waals surface area contributed by atoms with Gasteiger partial charge in [0.05, 0.1) is 22.5 Å². The molecule has 1 saturated carbocycles. The van der Waals surface area contributed by atoms with Crippen molar-refractivity contribution < 1.29 is 22.4 Å². The van der Waals surface area contributed by atoms with Gasteiger partial charge in [-0.1, -0.05) is 23.1 Å². The minimum Gasteiger partial charge on any atom is -0.368 e. The van der Waals surface area contributed by atoms with Crippen LogP contribution in [0.3, 0.4) is 0 Å². The number of anilines is 1. The molecule has 1 aliphatic heterocycles. The van der Waals surface area contributed by atoms with Gasteiger partial charge in [0.1, 0.15) is 11.9 Å². The molecule has 2 atom stereocenters. The molecular weight excluding hydrogens is 447 g/mol. The number of carbonyl (C=O) groups is 1. The van der Waals surface area contributed by atoms with E-state index in [1.54, 1.807) is 36.1 Å². The molecule has 0 aromatic heterocycles. The second kappa shape index (κ2) is 9.47. The number of benzene rings is 2. The lowest BCUT2D eigenvalue weighted by Crippen LogP contribution is -2.55. The van der Waals surface area contributed by atoms with Crippen molar-refractivity contribution in [1.29, 1.82) is 5.26 Å². The van der Waals surface area contributed by atoms with Gasteiger partial charge in [0, 0.05) is 31.9 Å². The molecule has 0 bridgehead atoms. The molecule has 1 heterocycles. The van der Waals surface area contributed by atoms with E-state index >= 15 is 0 Å². The molecule has 2 fully saturated rings. The first-order chi connectivity index (χ1) is 15.8. The maximum Gasteiger partial charge on any atom is 0.262 e. The molecule has 1 saturated heterocycles. The first-order valence-electron chi connectivity index (χ1n) is 10.8. The molecule has 2 aliphatic rings. The highest BCUT2D eigenvalue weighted by atomic mass is 32.2. The minimum atomic E-state index is -3.84. The first-order valence-corrected chi connectivity index (χ1v) is 12.2. The van der Waals surface area contributed by atoms with Crippen LogP contribution in [0.25, 0.3) is 0 Å². The highest BCUT2D eigenvalue weighted by Gasteiger charge is 2.41. The number of piperazine rings is 1. The summed E-state index contributed by atoms with van der Waals surface area (Å²) in [6.07, 6.45) is 0.718. The molecule has 2 unspecified atom stereocenters. The Morgan fingerprint density at radius 1 is 1.15 bits per heavy atom. The van der Waals surface area contributed by atoms with Crippen LogP contribution in [-0.4, -0.2) is 51.5 Å². The Labute approximate surface area is 192 Å². The van der Waals surface area contributed by atoms with Gasteiger partial charge in [-0.25, -0.2) is 12.8 Å². The van der Waals surface area contributed by atoms with Crippen LogP contribution in [-0.2, 0) is 19.7 Å². The number of carbonyl (C=O) groups excluding carboxylic acids is 1. The highest BCUT2D eigenvalue weighted by Crippen LogP contribution is 2.32. The smallest absolute Gasteiger partial charge is 0.262 e. The van der Waals surface area contributed by atoms with Crippen molar-refractivity contribution >= 4 is 21.6 Å². The van der Waals surface area contributed by atoms with Crippen molar-refractivity contribution in [2.45, 2.75) is 30.8 Å². The molecule has 1 N–H and O–H groups in total. The van der Waals surface area contributed by atoms with Gasteiger partial charge in [-0.15, -0.1) is 0 Å². The second-order valence-electron chi connectivity index (χ2n) is 8.28. The summed E-state index contributed by atoms with van der Waals surface area (Å²) < 4.78 is 39.0. The second-order valence-corrected chi connectivity index (χ2v) is 9.89. The fourth-order valence-electron chi connectivity index (χ4n) is 4.13. The fraction of sp³-hybridized carbons (Fsp3) is 0.391. The molecule has 174 valence electrons. The molecule has 2 aromatic rings. The van der Waals surface area contributed by atoms with Crippen LogP contribution in [0.5, 0.6) is 0 Å². The van der Waals surface area contributed by atoms with E-state index in [1.165, 1.54) is 18.2 Å². The average Bonchev–Trinajstić information content (AvgIpc) is 2.78. The number of nitrogens with zero attached hydrogens (tertiary/aromatic N) is 3. The molecule has 33 heavy (non-hydrogen) atoms. The number of amides is 1. The van der Waals surface area contributed by atoms with Crippen molar-refractivity contribution in [2.75, 3.05) is 31.1 Å². The van der Waals surface area contributed by atoms with Crippen LogP contribution in [0.4, 0.5) is 10.1 Å². The van der Waals surface area contributed by atoms with Gasteiger partial charge in [-0.05, 0) is 49.6 Å². The monoisotopic (exact) mass is 472 g/mol. The number of aryl methyl sites for hydroxylation is 1. The average molecular weight is 473 g/mol. The molecule has 1 aliphatic carbocycles. The number of halogens is 1. The third-order valence-corrected chi connectivity index (χ3v) is 7.60. The molecule has 10 heteroatoms. The Morgan fingerprint density at radius 3 is 2.48 bits per heavy atom. The summed E-state index contributed by atoms with van der Waals surface area (Å²) in [5, 5.41) is 8.87. The molecule has 1 amide bonds. The van der Waals surface area contributed by atoms with E-state index in [-0.39, 0.29) is 16.4 Å². The number of rotatable bonds is 6. The van der Waals surface area contributed by atoms with Crippen LogP contribution >= 0.6 is 0 Å². The van der Waals surface area contributed by atoms with E-state index in [1.807, 2.05) is 11.0 Å². The first kappa shape index (κ1) is 23.2. The Kier molecular flexibility index (Phi) is 6.65. The summed E-state index contributed by atoms with van der Waals surface area (Å²) in [6, 6.07) is 12.9. The Morgan fingerprint density at radius 2 is 1.88 bits per heavy atom. The molecule has 0 radical (unpaired) electrons. The van der Waals surface area contributed by atoms with Crippen molar-refractivity contribution in [3.05, 3.63) is 59.4 Å². The summed E-state index contributed by atoms with van der Waals surface area (Å²) in [7, 11) is -3.84. The Bertz CT molecular complexity index is 1190. The lowest BCUT2D eigenvalue weighted by Gasteiger charge is -2.41. The topological polar surface area (TPSA) is 103 Å².